The van der Waals surface area contributed by atoms with Gasteiger partial charge in [-0.15, -0.1) is 0 Å². The van der Waals surface area contributed by atoms with Crippen LogP contribution in [0, 0.1) is 5.92 Å². The van der Waals surface area contributed by atoms with E-state index < -0.39 is 0 Å². The lowest BCUT2D eigenvalue weighted by atomic mass is 9.89. The summed E-state index contributed by atoms with van der Waals surface area (Å²) in [6, 6.07) is 6.82. The summed E-state index contributed by atoms with van der Waals surface area (Å²) in [6.07, 6.45) is 9.67. The van der Waals surface area contributed by atoms with Crippen LogP contribution in [0.15, 0.2) is 18.2 Å². The van der Waals surface area contributed by atoms with E-state index in [1.807, 2.05) is 0 Å². The van der Waals surface area contributed by atoms with Gasteiger partial charge in [0.25, 0.3) is 0 Å². The van der Waals surface area contributed by atoms with Crippen LogP contribution in [0.2, 0.25) is 0 Å². The van der Waals surface area contributed by atoms with E-state index in [4.69, 9.17) is 9.47 Å². The predicted octanol–water partition coefficient (Wildman–Crippen LogP) is 4.08. The third-order valence-corrected chi connectivity index (χ3v) is 4.86. The quantitative estimate of drug-likeness (QED) is 0.847. The summed E-state index contributed by atoms with van der Waals surface area (Å²) in [5.41, 5.74) is 1.32. The van der Waals surface area contributed by atoms with E-state index in [1.54, 1.807) is 0 Å². The van der Waals surface area contributed by atoms with Crippen molar-refractivity contribution in [2.75, 3.05) is 20.3 Å². The average molecular weight is 289 g/mol. The van der Waals surface area contributed by atoms with Crippen molar-refractivity contribution in [2.45, 2.75) is 51.0 Å². The topological polar surface area (TPSA) is 30.5 Å². The van der Waals surface area contributed by atoms with Gasteiger partial charge in [-0.05, 0) is 37.1 Å². The highest BCUT2D eigenvalue weighted by atomic mass is 16.6. The SMILES string of the molecule is CNC(CC1CCCCCC1)c1ccc2c(c1)OCCO2. The third kappa shape index (κ3) is 3.70. The highest BCUT2D eigenvalue weighted by molar-refractivity contribution is 5.44. The lowest BCUT2D eigenvalue weighted by Crippen LogP contribution is -2.21. The molecule has 0 radical (unpaired) electrons. The number of ether oxygens (including phenoxy) is 2. The van der Waals surface area contributed by atoms with Crippen LogP contribution in [0.5, 0.6) is 11.5 Å². The van der Waals surface area contributed by atoms with E-state index >= 15 is 0 Å². The van der Waals surface area contributed by atoms with Crippen molar-refractivity contribution < 1.29 is 9.47 Å². The van der Waals surface area contributed by atoms with Gasteiger partial charge in [-0.1, -0.05) is 44.6 Å². The fourth-order valence-corrected chi connectivity index (χ4v) is 3.63. The van der Waals surface area contributed by atoms with Crippen LogP contribution < -0.4 is 14.8 Å². The lowest BCUT2D eigenvalue weighted by Gasteiger charge is -2.25. The summed E-state index contributed by atoms with van der Waals surface area (Å²) in [7, 11) is 2.07. The molecule has 2 aliphatic rings. The summed E-state index contributed by atoms with van der Waals surface area (Å²) in [4.78, 5) is 0. The van der Waals surface area contributed by atoms with E-state index in [1.165, 1.54) is 50.5 Å². The highest BCUT2D eigenvalue weighted by Crippen LogP contribution is 2.36. The van der Waals surface area contributed by atoms with Crippen LogP contribution in [0.1, 0.15) is 56.6 Å². The standard InChI is InChI=1S/C18H27NO2/c1-19-16(12-14-6-4-2-3-5-7-14)15-8-9-17-18(13-15)21-11-10-20-17/h8-9,13-14,16,19H,2-7,10-12H2,1H3. The van der Waals surface area contributed by atoms with Crippen molar-refractivity contribution in [3.05, 3.63) is 23.8 Å². The summed E-state index contributed by atoms with van der Waals surface area (Å²) in [5.74, 6) is 2.65. The van der Waals surface area contributed by atoms with Gasteiger partial charge in [0.15, 0.2) is 11.5 Å². The zero-order chi connectivity index (χ0) is 14.5. The molecule has 1 aromatic rings. The molecule has 1 heterocycles. The maximum Gasteiger partial charge on any atom is 0.161 e. The van der Waals surface area contributed by atoms with Crippen molar-refractivity contribution in [1.29, 1.82) is 0 Å². The average Bonchev–Trinajstić information content (AvgIpc) is 2.81. The van der Waals surface area contributed by atoms with Gasteiger partial charge < -0.3 is 14.8 Å². The van der Waals surface area contributed by atoms with Gasteiger partial charge in [0, 0.05) is 6.04 Å². The molecule has 0 bridgehead atoms. The Kier molecular flexibility index (Phi) is 5.02. The molecule has 21 heavy (non-hydrogen) atoms. The van der Waals surface area contributed by atoms with E-state index in [0.717, 1.165) is 17.4 Å². The highest BCUT2D eigenvalue weighted by Gasteiger charge is 2.20. The molecular weight excluding hydrogens is 262 g/mol. The molecule has 0 amide bonds. The zero-order valence-electron chi connectivity index (χ0n) is 13.1. The van der Waals surface area contributed by atoms with Crippen molar-refractivity contribution in [3.63, 3.8) is 0 Å². The van der Waals surface area contributed by atoms with Gasteiger partial charge in [-0.25, -0.2) is 0 Å². The Labute approximate surface area is 128 Å². The molecule has 1 aliphatic carbocycles. The smallest absolute Gasteiger partial charge is 0.161 e. The van der Waals surface area contributed by atoms with Gasteiger partial charge in [0.1, 0.15) is 13.2 Å². The fourth-order valence-electron chi connectivity index (χ4n) is 3.63. The molecule has 0 spiro atoms. The minimum absolute atomic E-state index is 0.420. The van der Waals surface area contributed by atoms with Crippen molar-refractivity contribution >= 4 is 0 Å². The van der Waals surface area contributed by atoms with Crippen molar-refractivity contribution in [2.24, 2.45) is 5.92 Å². The van der Waals surface area contributed by atoms with Crippen LogP contribution in [0.25, 0.3) is 0 Å². The van der Waals surface area contributed by atoms with Crippen LogP contribution in [0.3, 0.4) is 0 Å². The summed E-state index contributed by atoms with van der Waals surface area (Å²) < 4.78 is 11.3. The first-order valence-electron chi connectivity index (χ1n) is 8.43. The minimum Gasteiger partial charge on any atom is -0.486 e. The summed E-state index contributed by atoms with van der Waals surface area (Å²) in [6.45, 7) is 1.31. The van der Waals surface area contributed by atoms with Gasteiger partial charge >= 0.3 is 0 Å². The summed E-state index contributed by atoms with van der Waals surface area (Å²) >= 11 is 0. The molecule has 1 atom stereocenters. The fraction of sp³-hybridized carbons (Fsp3) is 0.667. The first-order valence-corrected chi connectivity index (χ1v) is 8.43. The molecule has 116 valence electrons. The van der Waals surface area contributed by atoms with Crippen LogP contribution in [0.4, 0.5) is 0 Å². The maximum absolute atomic E-state index is 5.72. The zero-order valence-corrected chi connectivity index (χ0v) is 13.1. The van der Waals surface area contributed by atoms with Crippen LogP contribution in [-0.2, 0) is 0 Å². The van der Waals surface area contributed by atoms with Gasteiger partial charge in [0.05, 0.1) is 0 Å². The third-order valence-electron chi connectivity index (χ3n) is 4.86. The molecule has 0 saturated heterocycles. The summed E-state index contributed by atoms with van der Waals surface area (Å²) in [5, 5.41) is 3.50. The van der Waals surface area contributed by atoms with Crippen LogP contribution in [-0.4, -0.2) is 20.3 Å². The van der Waals surface area contributed by atoms with E-state index in [0.29, 0.717) is 19.3 Å². The normalized spacial score (nSPS) is 20.8. The molecule has 1 saturated carbocycles. The second-order valence-electron chi connectivity index (χ2n) is 6.34. The number of nitrogens with one attached hydrogen (secondary N) is 1. The van der Waals surface area contributed by atoms with E-state index in [2.05, 4.69) is 30.6 Å². The van der Waals surface area contributed by atoms with Gasteiger partial charge in [-0.2, -0.15) is 0 Å². The molecular formula is C18H27NO2. The first-order chi connectivity index (χ1) is 10.4. The molecule has 0 aromatic heterocycles. The minimum atomic E-state index is 0.420. The number of benzene rings is 1. The molecule has 3 heteroatoms. The molecule has 1 unspecified atom stereocenters. The van der Waals surface area contributed by atoms with Gasteiger partial charge in [-0.3, -0.25) is 0 Å². The monoisotopic (exact) mass is 289 g/mol. The largest absolute Gasteiger partial charge is 0.486 e. The molecule has 1 fully saturated rings. The number of rotatable bonds is 4. The molecule has 3 rings (SSSR count). The molecule has 3 nitrogen and oxygen atoms in total. The number of fused-ring (bicyclic) bond motifs is 1. The maximum atomic E-state index is 5.72. The van der Waals surface area contributed by atoms with Crippen molar-refractivity contribution in [3.8, 4) is 11.5 Å². The molecule has 1 N–H and O–H groups in total. The van der Waals surface area contributed by atoms with Crippen LogP contribution >= 0.6 is 0 Å². The Balaban J connectivity index is 1.70. The first kappa shape index (κ1) is 14.7. The van der Waals surface area contributed by atoms with E-state index in [-0.39, 0.29) is 0 Å². The number of hydrogen-bond acceptors (Lipinski definition) is 3. The molecule has 1 aliphatic heterocycles. The number of hydrogen-bond donors (Lipinski definition) is 1. The van der Waals surface area contributed by atoms with Gasteiger partial charge in [0.2, 0.25) is 0 Å². The Hall–Kier alpha value is -1.22. The Morgan fingerprint density at radius 3 is 2.48 bits per heavy atom. The predicted molar refractivity (Wildman–Crippen MR) is 85.0 cm³/mol. The second kappa shape index (κ2) is 7.17. The Morgan fingerprint density at radius 2 is 1.76 bits per heavy atom. The second-order valence-corrected chi connectivity index (χ2v) is 6.34. The van der Waals surface area contributed by atoms with Crippen molar-refractivity contribution in [1.82, 2.24) is 5.32 Å². The lowest BCUT2D eigenvalue weighted by molar-refractivity contribution is 0.171. The Bertz CT molecular complexity index is 453. The van der Waals surface area contributed by atoms with E-state index in [9.17, 15) is 0 Å². The Morgan fingerprint density at radius 1 is 1.05 bits per heavy atom. The molecule has 1 aromatic carbocycles.